The average Bonchev–Trinajstić information content (AvgIpc) is 3.23. The summed E-state index contributed by atoms with van der Waals surface area (Å²) < 4.78 is 7.54. The number of rotatable bonds is 3. The Bertz CT molecular complexity index is 957. The zero-order valence-electron chi connectivity index (χ0n) is 13.3. The molecular formula is C17H16Cl2N4O2. The number of aromatic amines is 1. The van der Waals surface area contributed by atoms with Gasteiger partial charge in [-0.1, -0.05) is 29.3 Å². The van der Waals surface area contributed by atoms with E-state index < -0.39 is 5.91 Å². The molecule has 3 aromatic rings. The number of hydrogen-bond acceptors (Lipinski definition) is 3. The maximum Gasteiger partial charge on any atom is 0.265 e. The van der Waals surface area contributed by atoms with Crippen LogP contribution in [0.25, 0.3) is 22.0 Å². The van der Waals surface area contributed by atoms with E-state index in [9.17, 15) is 4.79 Å². The van der Waals surface area contributed by atoms with E-state index in [1.54, 1.807) is 16.9 Å². The fourth-order valence-corrected chi connectivity index (χ4v) is 3.61. The van der Waals surface area contributed by atoms with Crippen molar-refractivity contribution in [1.82, 2.24) is 14.8 Å². The van der Waals surface area contributed by atoms with E-state index >= 15 is 0 Å². The van der Waals surface area contributed by atoms with E-state index in [2.05, 4.69) is 10.1 Å². The minimum atomic E-state index is -0.569. The van der Waals surface area contributed by atoms with E-state index in [0.29, 0.717) is 21.1 Å². The Kier molecular flexibility index (Phi) is 4.19. The van der Waals surface area contributed by atoms with Crippen molar-refractivity contribution in [3.8, 4) is 11.1 Å². The number of hydrogen-bond donors (Lipinski definition) is 2. The van der Waals surface area contributed by atoms with Gasteiger partial charge in [0, 0.05) is 29.3 Å². The van der Waals surface area contributed by atoms with Gasteiger partial charge in [0.15, 0.2) is 0 Å². The molecule has 1 aliphatic heterocycles. The molecule has 0 spiro atoms. The van der Waals surface area contributed by atoms with Gasteiger partial charge in [-0.05, 0) is 25.3 Å². The fraction of sp³-hybridized carbons (Fsp3) is 0.294. The lowest BCUT2D eigenvalue weighted by atomic mass is 10.0. The number of halogens is 2. The second kappa shape index (κ2) is 6.37. The summed E-state index contributed by atoms with van der Waals surface area (Å²) in [5, 5.41) is 5.94. The Morgan fingerprint density at radius 2 is 2.20 bits per heavy atom. The molecule has 1 aliphatic rings. The first-order valence-corrected chi connectivity index (χ1v) is 8.77. The number of primary amides is 1. The molecule has 1 atom stereocenters. The standard InChI is InChI=1S/C17H16Cl2N4O2/c18-11-5-4-10-13(16(17(20)24)22-15(10)14(11)19)9-7-21-23(8-9)12-3-1-2-6-25-12/h4-5,7-8,12,22H,1-3,6H2,(H2,20,24). The molecule has 6 nitrogen and oxygen atoms in total. The number of H-pyrrole nitrogens is 1. The van der Waals surface area contributed by atoms with Crippen LogP contribution in [0.2, 0.25) is 10.0 Å². The van der Waals surface area contributed by atoms with Gasteiger partial charge in [0.05, 0.1) is 21.8 Å². The summed E-state index contributed by atoms with van der Waals surface area (Å²) in [5.41, 5.74) is 7.86. The lowest BCUT2D eigenvalue weighted by molar-refractivity contribution is -0.0394. The molecule has 0 radical (unpaired) electrons. The normalized spacial score (nSPS) is 17.9. The Morgan fingerprint density at radius 1 is 1.36 bits per heavy atom. The molecule has 0 aliphatic carbocycles. The Morgan fingerprint density at radius 3 is 2.92 bits per heavy atom. The number of carbonyl (C=O) groups is 1. The predicted octanol–water partition coefficient (Wildman–Crippen LogP) is 4.14. The topological polar surface area (TPSA) is 85.9 Å². The molecule has 1 fully saturated rings. The van der Waals surface area contributed by atoms with Crippen LogP contribution in [0.3, 0.4) is 0 Å². The number of fused-ring (bicyclic) bond motifs is 1. The highest BCUT2D eigenvalue weighted by Crippen LogP contribution is 2.38. The van der Waals surface area contributed by atoms with Gasteiger partial charge in [-0.25, -0.2) is 4.68 Å². The van der Waals surface area contributed by atoms with Crippen LogP contribution in [0.4, 0.5) is 0 Å². The van der Waals surface area contributed by atoms with Gasteiger partial charge in [0.1, 0.15) is 11.9 Å². The van der Waals surface area contributed by atoms with Crippen molar-refractivity contribution in [3.05, 3.63) is 40.3 Å². The summed E-state index contributed by atoms with van der Waals surface area (Å²) in [6.45, 7) is 0.730. The summed E-state index contributed by atoms with van der Waals surface area (Å²) >= 11 is 12.4. The molecule has 3 N–H and O–H groups in total. The number of benzene rings is 1. The van der Waals surface area contributed by atoms with Crippen molar-refractivity contribution in [3.63, 3.8) is 0 Å². The van der Waals surface area contributed by atoms with Crippen molar-refractivity contribution in [1.29, 1.82) is 0 Å². The Hall–Kier alpha value is -2.02. The second-order valence-electron chi connectivity index (χ2n) is 6.05. The number of amides is 1. The lowest BCUT2D eigenvalue weighted by Gasteiger charge is -2.22. The quantitative estimate of drug-likeness (QED) is 0.717. The maximum absolute atomic E-state index is 11.9. The van der Waals surface area contributed by atoms with Crippen LogP contribution < -0.4 is 5.73 Å². The molecule has 1 unspecified atom stereocenters. The molecule has 8 heteroatoms. The number of nitrogens with zero attached hydrogens (tertiary/aromatic N) is 2. The molecule has 1 saturated heterocycles. The molecule has 0 saturated carbocycles. The number of nitrogens with two attached hydrogens (primary N) is 1. The third-order valence-corrected chi connectivity index (χ3v) is 5.26. The molecule has 2 aromatic heterocycles. The maximum atomic E-state index is 11.9. The van der Waals surface area contributed by atoms with Gasteiger partial charge in [-0.3, -0.25) is 4.79 Å². The zero-order valence-corrected chi connectivity index (χ0v) is 14.8. The number of ether oxygens (including phenoxy) is 1. The monoisotopic (exact) mass is 378 g/mol. The summed E-state index contributed by atoms with van der Waals surface area (Å²) in [4.78, 5) is 14.9. The van der Waals surface area contributed by atoms with E-state index in [1.807, 2.05) is 12.3 Å². The SMILES string of the molecule is NC(=O)c1[nH]c2c(Cl)c(Cl)ccc2c1-c1cnn(C2CCCCO2)c1. The molecular weight excluding hydrogens is 363 g/mol. The third kappa shape index (κ3) is 2.80. The smallest absolute Gasteiger partial charge is 0.265 e. The largest absolute Gasteiger partial charge is 0.364 e. The zero-order chi connectivity index (χ0) is 17.6. The first-order chi connectivity index (χ1) is 12.1. The molecule has 130 valence electrons. The first kappa shape index (κ1) is 16.4. The van der Waals surface area contributed by atoms with Crippen LogP contribution in [0.15, 0.2) is 24.5 Å². The fourth-order valence-electron chi connectivity index (χ4n) is 3.24. The van der Waals surface area contributed by atoms with E-state index in [4.69, 9.17) is 33.7 Å². The first-order valence-electron chi connectivity index (χ1n) is 8.02. The van der Waals surface area contributed by atoms with Crippen LogP contribution in [0.1, 0.15) is 36.0 Å². The molecule has 25 heavy (non-hydrogen) atoms. The molecule has 0 bridgehead atoms. The van der Waals surface area contributed by atoms with E-state index in [-0.39, 0.29) is 11.9 Å². The van der Waals surface area contributed by atoms with E-state index in [0.717, 1.165) is 36.8 Å². The molecule has 1 aromatic carbocycles. The van der Waals surface area contributed by atoms with Gasteiger partial charge >= 0.3 is 0 Å². The highest BCUT2D eigenvalue weighted by Gasteiger charge is 2.23. The Labute approximate surface area is 153 Å². The number of aromatic nitrogens is 3. The summed E-state index contributed by atoms with van der Waals surface area (Å²) in [7, 11) is 0. The molecule has 4 rings (SSSR count). The van der Waals surface area contributed by atoms with Crippen molar-refractivity contribution in [2.75, 3.05) is 6.61 Å². The second-order valence-corrected chi connectivity index (χ2v) is 6.84. The van der Waals surface area contributed by atoms with Crippen LogP contribution in [0.5, 0.6) is 0 Å². The van der Waals surface area contributed by atoms with Gasteiger partial charge < -0.3 is 15.5 Å². The summed E-state index contributed by atoms with van der Waals surface area (Å²) in [6, 6.07) is 3.51. The van der Waals surface area contributed by atoms with Crippen molar-refractivity contribution >= 4 is 40.0 Å². The third-order valence-electron chi connectivity index (χ3n) is 4.45. The number of carbonyl (C=O) groups excluding carboxylic acids is 1. The van der Waals surface area contributed by atoms with Crippen LogP contribution in [-0.4, -0.2) is 27.3 Å². The average molecular weight is 379 g/mol. The van der Waals surface area contributed by atoms with Gasteiger partial charge in [0.2, 0.25) is 0 Å². The minimum absolute atomic E-state index is 0.0808. The highest BCUT2D eigenvalue weighted by atomic mass is 35.5. The molecule has 1 amide bonds. The summed E-state index contributed by atoms with van der Waals surface area (Å²) in [6.07, 6.45) is 6.58. The van der Waals surface area contributed by atoms with Gasteiger partial charge in [0.25, 0.3) is 5.91 Å². The van der Waals surface area contributed by atoms with Gasteiger partial charge in [-0.15, -0.1) is 0 Å². The summed E-state index contributed by atoms with van der Waals surface area (Å²) in [5.74, 6) is -0.569. The van der Waals surface area contributed by atoms with Crippen molar-refractivity contribution in [2.45, 2.75) is 25.5 Å². The van der Waals surface area contributed by atoms with Gasteiger partial charge in [-0.2, -0.15) is 5.10 Å². The number of nitrogens with one attached hydrogen (secondary N) is 1. The highest BCUT2D eigenvalue weighted by molar-refractivity contribution is 6.45. The molecule has 3 heterocycles. The van der Waals surface area contributed by atoms with Crippen LogP contribution in [-0.2, 0) is 4.74 Å². The minimum Gasteiger partial charge on any atom is -0.364 e. The van der Waals surface area contributed by atoms with Crippen molar-refractivity contribution < 1.29 is 9.53 Å². The Balaban J connectivity index is 1.85. The van der Waals surface area contributed by atoms with Crippen LogP contribution >= 0.6 is 23.2 Å². The van der Waals surface area contributed by atoms with Crippen LogP contribution in [0, 0.1) is 0 Å². The predicted molar refractivity (Wildman–Crippen MR) is 96.9 cm³/mol. The van der Waals surface area contributed by atoms with Crippen molar-refractivity contribution in [2.24, 2.45) is 5.73 Å². The lowest BCUT2D eigenvalue weighted by Crippen LogP contribution is -2.18. The van der Waals surface area contributed by atoms with E-state index in [1.165, 1.54) is 0 Å².